The number of hydrogen-bond donors (Lipinski definition) is 0. The summed E-state index contributed by atoms with van der Waals surface area (Å²) in [6.45, 7) is 15.6. The van der Waals surface area contributed by atoms with Crippen LogP contribution in [0.1, 0.15) is 179 Å². The van der Waals surface area contributed by atoms with Gasteiger partial charge in [0, 0.05) is 35.9 Å². The number of aromatic nitrogens is 4. The average molecular weight is 959 g/mol. The highest BCUT2D eigenvalue weighted by atomic mass is 16.5. The van der Waals surface area contributed by atoms with Crippen molar-refractivity contribution in [1.82, 2.24) is 19.9 Å². The quantitative estimate of drug-likeness (QED) is 0.0373. The summed E-state index contributed by atoms with van der Waals surface area (Å²) < 4.78 is 19.3. The summed E-state index contributed by atoms with van der Waals surface area (Å²) in [4.78, 5) is 19.1. The highest BCUT2D eigenvalue weighted by molar-refractivity contribution is 5.73. The van der Waals surface area contributed by atoms with Crippen LogP contribution in [0.3, 0.4) is 0 Å². The molecular weight excluding hydrogens is 873 g/mol. The van der Waals surface area contributed by atoms with Crippen LogP contribution in [0.4, 0.5) is 0 Å². The molecule has 2 atom stereocenters. The third kappa shape index (κ3) is 18.6. The molecule has 2 aromatic heterocycles. The van der Waals surface area contributed by atoms with Crippen molar-refractivity contribution in [2.45, 2.75) is 183 Å². The number of benzene rings is 4. The fourth-order valence-electron chi connectivity index (χ4n) is 8.85. The van der Waals surface area contributed by atoms with E-state index in [-0.39, 0.29) is 0 Å². The van der Waals surface area contributed by atoms with Crippen molar-refractivity contribution in [2.24, 2.45) is 11.8 Å². The SMILES string of the molecule is CCCCCCCCCCc1cnc(-c2ccc(-c3cc(OCC(C)CC)ccc3COCc3ccc(OCC(C)CC)cc3-c3ccc(-c4ncc(CCCCCCCCCC)cn4)cc3)cc2)nc1. The number of nitrogens with zero attached hydrogens (tertiary/aromatic N) is 4. The summed E-state index contributed by atoms with van der Waals surface area (Å²) >= 11 is 0. The van der Waals surface area contributed by atoms with Crippen LogP contribution in [0.2, 0.25) is 0 Å². The van der Waals surface area contributed by atoms with Crippen molar-refractivity contribution in [3.05, 3.63) is 132 Å². The van der Waals surface area contributed by atoms with Gasteiger partial charge < -0.3 is 14.2 Å². The van der Waals surface area contributed by atoms with Gasteiger partial charge in [0.05, 0.1) is 26.4 Å². The predicted molar refractivity (Wildman–Crippen MR) is 297 cm³/mol. The molecule has 4 aromatic carbocycles. The lowest BCUT2D eigenvalue weighted by atomic mass is 9.97. The van der Waals surface area contributed by atoms with E-state index in [1.54, 1.807) is 0 Å². The minimum absolute atomic E-state index is 0.434. The van der Waals surface area contributed by atoms with E-state index in [1.807, 2.05) is 24.8 Å². The Morgan fingerprint density at radius 2 is 0.732 bits per heavy atom. The standard InChI is InChI=1S/C64H86N4O3/c1-7-11-13-15-17-19-21-23-25-51-41-65-63(66-42-51)55-31-27-53(28-32-55)61-39-59(70-45-49(5)9-3)37-35-57(61)47-69-48-58-36-38-60(71-46-50(6)10-4)40-62(58)54-29-33-56(34-30-54)64-67-43-52(44-68-64)26-24-22-20-18-16-14-12-8-2/h27-44,49-50H,7-26,45-48H2,1-6H3. The van der Waals surface area contributed by atoms with Crippen molar-refractivity contribution in [2.75, 3.05) is 13.2 Å². The second-order valence-corrected chi connectivity index (χ2v) is 20.2. The summed E-state index contributed by atoms with van der Waals surface area (Å²) in [5.41, 5.74) is 11.0. The Hall–Kier alpha value is -5.40. The first-order valence-electron chi connectivity index (χ1n) is 27.8. The van der Waals surface area contributed by atoms with Crippen molar-refractivity contribution >= 4 is 0 Å². The highest BCUT2D eigenvalue weighted by Gasteiger charge is 2.14. The molecule has 0 N–H and O–H groups in total. The Labute approximate surface area is 429 Å². The second kappa shape index (κ2) is 31.1. The molecule has 0 spiro atoms. The molecule has 71 heavy (non-hydrogen) atoms. The summed E-state index contributed by atoms with van der Waals surface area (Å²) in [6.07, 6.45) is 33.3. The van der Waals surface area contributed by atoms with Gasteiger partial charge in [0.25, 0.3) is 0 Å². The Morgan fingerprint density at radius 3 is 1.08 bits per heavy atom. The van der Waals surface area contributed by atoms with Crippen molar-refractivity contribution in [1.29, 1.82) is 0 Å². The molecule has 0 radical (unpaired) electrons. The van der Waals surface area contributed by atoms with Gasteiger partial charge in [-0.15, -0.1) is 0 Å². The average Bonchev–Trinajstić information content (AvgIpc) is 3.41. The van der Waals surface area contributed by atoms with Crippen LogP contribution in [-0.4, -0.2) is 33.1 Å². The van der Waals surface area contributed by atoms with Gasteiger partial charge in [0.2, 0.25) is 0 Å². The molecule has 0 saturated carbocycles. The molecule has 2 unspecified atom stereocenters. The Morgan fingerprint density at radius 1 is 0.394 bits per heavy atom. The first-order chi connectivity index (χ1) is 34.9. The van der Waals surface area contributed by atoms with Crippen LogP contribution >= 0.6 is 0 Å². The summed E-state index contributed by atoms with van der Waals surface area (Å²) in [6, 6.07) is 30.0. The zero-order chi connectivity index (χ0) is 49.9. The summed E-state index contributed by atoms with van der Waals surface area (Å²) in [5.74, 6) is 4.17. The van der Waals surface area contributed by atoms with E-state index in [4.69, 9.17) is 34.1 Å². The van der Waals surface area contributed by atoms with Gasteiger partial charge in [-0.25, -0.2) is 19.9 Å². The molecule has 2 heterocycles. The highest BCUT2D eigenvalue weighted by Crippen LogP contribution is 2.34. The number of hydrogen-bond acceptors (Lipinski definition) is 7. The fraction of sp³-hybridized carbons (Fsp3) is 0.500. The van der Waals surface area contributed by atoms with E-state index in [9.17, 15) is 0 Å². The van der Waals surface area contributed by atoms with Crippen molar-refractivity contribution in [3.8, 4) is 56.5 Å². The van der Waals surface area contributed by atoms with Gasteiger partial charge in [-0.05, 0) is 106 Å². The van der Waals surface area contributed by atoms with Crippen LogP contribution in [0, 0.1) is 11.8 Å². The number of unbranched alkanes of at least 4 members (excludes halogenated alkanes) is 14. The van der Waals surface area contributed by atoms with E-state index in [0.717, 1.165) is 93.3 Å². The summed E-state index contributed by atoms with van der Waals surface area (Å²) in [5, 5.41) is 0. The molecule has 380 valence electrons. The van der Waals surface area contributed by atoms with E-state index < -0.39 is 0 Å². The van der Waals surface area contributed by atoms with Crippen LogP contribution in [-0.2, 0) is 30.8 Å². The van der Waals surface area contributed by atoms with Gasteiger partial charge in [0.1, 0.15) is 11.5 Å². The van der Waals surface area contributed by atoms with E-state index in [2.05, 4.69) is 126 Å². The minimum atomic E-state index is 0.434. The molecule has 0 amide bonds. The maximum atomic E-state index is 6.65. The van der Waals surface area contributed by atoms with Crippen LogP contribution < -0.4 is 9.47 Å². The molecule has 6 rings (SSSR count). The zero-order valence-corrected chi connectivity index (χ0v) is 44.5. The van der Waals surface area contributed by atoms with Crippen molar-refractivity contribution in [3.63, 3.8) is 0 Å². The maximum absolute atomic E-state index is 6.65. The van der Waals surface area contributed by atoms with E-state index in [1.165, 1.54) is 114 Å². The van der Waals surface area contributed by atoms with Gasteiger partial charge in [-0.1, -0.05) is 205 Å². The third-order valence-electron chi connectivity index (χ3n) is 14.1. The normalized spacial score (nSPS) is 12.3. The lowest BCUT2D eigenvalue weighted by molar-refractivity contribution is 0.107. The van der Waals surface area contributed by atoms with Gasteiger partial charge >= 0.3 is 0 Å². The molecular formula is C64H86N4O3. The molecule has 0 fully saturated rings. The first kappa shape index (κ1) is 54.9. The van der Waals surface area contributed by atoms with Crippen LogP contribution in [0.5, 0.6) is 11.5 Å². The molecule has 0 bridgehead atoms. The summed E-state index contributed by atoms with van der Waals surface area (Å²) in [7, 11) is 0. The predicted octanol–water partition coefficient (Wildman–Crippen LogP) is 17.9. The minimum Gasteiger partial charge on any atom is -0.493 e. The molecule has 0 saturated heterocycles. The smallest absolute Gasteiger partial charge is 0.159 e. The van der Waals surface area contributed by atoms with E-state index in [0.29, 0.717) is 38.3 Å². The Balaban J connectivity index is 1.12. The molecule has 6 aromatic rings. The maximum Gasteiger partial charge on any atom is 0.159 e. The van der Waals surface area contributed by atoms with E-state index >= 15 is 0 Å². The largest absolute Gasteiger partial charge is 0.493 e. The lowest BCUT2D eigenvalue weighted by Crippen LogP contribution is -2.08. The zero-order valence-electron chi connectivity index (χ0n) is 44.5. The van der Waals surface area contributed by atoms with Gasteiger partial charge in [0.15, 0.2) is 11.6 Å². The second-order valence-electron chi connectivity index (χ2n) is 20.2. The van der Waals surface area contributed by atoms with Crippen LogP contribution in [0.25, 0.3) is 45.0 Å². The fourth-order valence-corrected chi connectivity index (χ4v) is 8.85. The molecule has 0 aliphatic rings. The Bertz CT molecular complexity index is 2210. The molecule has 7 heteroatoms. The van der Waals surface area contributed by atoms with Crippen LogP contribution in [0.15, 0.2) is 110 Å². The van der Waals surface area contributed by atoms with Crippen molar-refractivity contribution < 1.29 is 14.2 Å². The Kier molecular flexibility index (Phi) is 24.1. The molecule has 0 aliphatic heterocycles. The molecule has 0 aliphatic carbocycles. The number of ether oxygens (including phenoxy) is 3. The third-order valence-corrected chi connectivity index (χ3v) is 14.1. The monoisotopic (exact) mass is 959 g/mol. The first-order valence-corrected chi connectivity index (χ1v) is 27.8. The topological polar surface area (TPSA) is 79.2 Å². The van der Waals surface area contributed by atoms with Gasteiger partial charge in [-0.3, -0.25) is 0 Å². The molecule has 7 nitrogen and oxygen atoms in total. The lowest BCUT2D eigenvalue weighted by Gasteiger charge is -2.17. The van der Waals surface area contributed by atoms with Gasteiger partial charge in [-0.2, -0.15) is 0 Å². The number of aryl methyl sites for hydroxylation is 2. The number of rotatable bonds is 34.